The average Bonchev–Trinajstić information content (AvgIpc) is 2.37. The topological polar surface area (TPSA) is 67.1 Å². The summed E-state index contributed by atoms with van der Waals surface area (Å²) in [4.78, 5) is 12.1. The number of amides is 1. The second kappa shape index (κ2) is 6.09. The Morgan fingerprint density at radius 1 is 1.15 bits per heavy atom. The molecule has 0 aromatic heterocycles. The number of hydrazine groups is 1. The number of nitrogens with two attached hydrogens (primary N) is 1. The minimum atomic E-state index is -0.621. The van der Waals surface area contributed by atoms with E-state index in [1.807, 2.05) is 0 Å². The van der Waals surface area contributed by atoms with E-state index in [0.717, 1.165) is 0 Å². The minimum Gasteiger partial charge on any atom is -0.322 e. The highest BCUT2D eigenvalue weighted by atomic mass is 35.5. The van der Waals surface area contributed by atoms with Gasteiger partial charge in [0.25, 0.3) is 5.91 Å². The van der Waals surface area contributed by atoms with Crippen LogP contribution in [0.2, 0.25) is 10.0 Å². The van der Waals surface area contributed by atoms with E-state index >= 15 is 0 Å². The first-order valence-corrected chi connectivity index (χ1v) is 6.29. The van der Waals surface area contributed by atoms with E-state index < -0.39 is 11.7 Å². The summed E-state index contributed by atoms with van der Waals surface area (Å²) in [6.45, 7) is 0. The number of hydrogen-bond acceptors (Lipinski definition) is 3. The molecular formula is C13H10Cl2FN3O. The van der Waals surface area contributed by atoms with Crippen molar-refractivity contribution < 1.29 is 9.18 Å². The van der Waals surface area contributed by atoms with Gasteiger partial charge in [-0.2, -0.15) is 0 Å². The molecule has 0 radical (unpaired) electrons. The highest BCUT2D eigenvalue weighted by Crippen LogP contribution is 2.24. The van der Waals surface area contributed by atoms with Crippen LogP contribution in [0.3, 0.4) is 0 Å². The Morgan fingerprint density at radius 3 is 2.40 bits per heavy atom. The lowest BCUT2D eigenvalue weighted by Gasteiger charge is -2.11. The van der Waals surface area contributed by atoms with Crippen molar-refractivity contribution >= 4 is 40.5 Å². The highest BCUT2D eigenvalue weighted by Gasteiger charge is 2.14. The van der Waals surface area contributed by atoms with Crippen LogP contribution in [0, 0.1) is 5.82 Å². The second-order valence-corrected chi connectivity index (χ2v) is 4.79. The van der Waals surface area contributed by atoms with E-state index in [1.165, 1.54) is 36.4 Å². The fourth-order valence-electron chi connectivity index (χ4n) is 1.68. The van der Waals surface area contributed by atoms with Crippen molar-refractivity contribution in [3.63, 3.8) is 0 Å². The molecule has 0 saturated heterocycles. The van der Waals surface area contributed by atoms with Crippen LogP contribution in [-0.2, 0) is 0 Å². The third-order valence-corrected chi connectivity index (χ3v) is 2.96. The van der Waals surface area contributed by atoms with E-state index in [9.17, 15) is 9.18 Å². The molecular weight excluding hydrogens is 304 g/mol. The number of rotatable bonds is 3. The number of hydrogen-bond donors (Lipinski definition) is 3. The third kappa shape index (κ3) is 3.19. The van der Waals surface area contributed by atoms with E-state index in [0.29, 0.717) is 15.7 Å². The van der Waals surface area contributed by atoms with Crippen molar-refractivity contribution in [2.75, 3.05) is 10.7 Å². The van der Waals surface area contributed by atoms with E-state index in [2.05, 4.69) is 10.7 Å². The average molecular weight is 314 g/mol. The van der Waals surface area contributed by atoms with Crippen LogP contribution >= 0.6 is 23.2 Å². The summed E-state index contributed by atoms with van der Waals surface area (Å²) in [5.74, 6) is 4.07. The number of carbonyl (C=O) groups is 1. The van der Waals surface area contributed by atoms with Crippen LogP contribution in [0.5, 0.6) is 0 Å². The fourth-order valence-corrected chi connectivity index (χ4v) is 2.21. The van der Waals surface area contributed by atoms with Crippen molar-refractivity contribution in [3.05, 3.63) is 57.8 Å². The molecule has 0 aliphatic heterocycles. The smallest absolute Gasteiger partial charge is 0.257 e. The van der Waals surface area contributed by atoms with Crippen molar-refractivity contribution in [1.82, 2.24) is 0 Å². The molecule has 2 aromatic rings. The summed E-state index contributed by atoms with van der Waals surface area (Å²) in [5, 5.41) is 3.33. The zero-order valence-electron chi connectivity index (χ0n) is 10.1. The highest BCUT2D eigenvalue weighted by molar-refractivity contribution is 6.35. The van der Waals surface area contributed by atoms with Gasteiger partial charge in [0.15, 0.2) is 0 Å². The van der Waals surface area contributed by atoms with Crippen molar-refractivity contribution in [1.29, 1.82) is 0 Å². The van der Waals surface area contributed by atoms with Crippen molar-refractivity contribution in [2.24, 2.45) is 5.84 Å². The maximum atomic E-state index is 13.5. The van der Waals surface area contributed by atoms with Gasteiger partial charge in [-0.15, -0.1) is 0 Å². The van der Waals surface area contributed by atoms with Crippen LogP contribution in [0.4, 0.5) is 15.8 Å². The van der Waals surface area contributed by atoms with Gasteiger partial charge in [0.2, 0.25) is 0 Å². The molecule has 0 atom stereocenters. The fraction of sp³-hybridized carbons (Fsp3) is 0. The minimum absolute atomic E-state index is 0.0728. The van der Waals surface area contributed by atoms with Gasteiger partial charge in [-0.05, 0) is 30.3 Å². The number of nitrogens with one attached hydrogen (secondary N) is 2. The lowest BCUT2D eigenvalue weighted by atomic mass is 10.1. The van der Waals surface area contributed by atoms with Crippen LogP contribution in [0.1, 0.15) is 10.4 Å². The summed E-state index contributed by atoms with van der Waals surface area (Å²) >= 11 is 11.7. The Hall–Kier alpha value is -1.82. The largest absolute Gasteiger partial charge is 0.322 e. The summed E-state index contributed by atoms with van der Waals surface area (Å²) in [7, 11) is 0. The number of anilines is 2. The normalized spacial score (nSPS) is 10.2. The molecule has 2 rings (SSSR count). The van der Waals surface area contributed by atoms with Gasteiger partial charge >= 0.3 is 0 Å². The zero-order valence-corrected chi connectivity index (χ0v) is 11.6. The van der Waals surface area contributed by atoms with E-state index in [-0.39, 0.29) is 11.3 Å². The Morgan fingerprint density at radius 2 is 1.80 bits per heavy atom. The molecule has 0 fully saturated rings. The molecule has 4 nitrogen and oxygen atoms in total. The first kappa shape index (κ1) is 14.6. The Balaban J connectivity index is 2.31. The third-order valence-electron chi connectivity index (χ3n) is 2.52. The maximum absolute atomic E-state index is 13.5. The molecule has 4 N–H and O–H groups in total. The maximum Gasteiger partial charge on any atom is 0.257 e. The van der Waals surface area contributed by atoms with Gasteiger partial charge < -0.3 is 10.7 Å². The molecule has 7 heteroatoms. The van der Waals surface area contributed by atoms with Crippen LogP contribution in [0.25, 0.3) is 0 Å². The predicted molar refractivity (Wildman–Crippen MR) is 78.6 cm³/mol. The molecule has 0 aliphatic carbocycles. The molecule has 1 amide bonds. The number of nitrogen functional groups attached to an aromatic ring is 1. The molecule has 0 saturated carbocycles. The van der Waals surface area contributed by atoms with Gasteiger partial charge in [-0.25, -0.2) is 4.39 Å². The van der Waals surface area contributed by atoms with Crippen molar-refractivity contribution in [2.45, 2.75) is 0 Å². The van der Waals surface area contributed by atoms with Gasteiger partial charge in [-0.1, -0.05) is 29.3 Å². The van der Waals surface area contributed by atoms with Crippen LogP contribution in [0.15, 0.2) is 36.4 Å². The summed E-state index contributed by atoms with van der Waals surface area (Å²) < 4.78 is 13.5. The lowest BCUT2D eigenvalue weighted by Crippen LogP contribution is -2.18. The molecule has 20 heavy (non-hydrogen) atoms. The predicted octanol–water partition coefficient (Wildman–Crippen LogP) is 3.67. The lowest BCUT2D eigenvalue weighted by molar-refractivity contribution is 0.102. The number of carbonyl (C=O) groups excluding carboxylic acids is 1. The second-order valence-electron chi connectivity index (χ2n) is 3.92. The summed E-state index contributed by atoms with van der Waals surface area (Å²) in [5.41, 5.74) is 2.56. The summed E-state index contributed by atoms with van der Waals surface area (Å²) in [6.07, 6.45) is 0. The molecule has 0 bridgehead atoms. The zero-order chi connectivity index (χ0) is 14.7. The van der Waals surface area contributed by atoms with Gasteiger partial charge in [-0.3, -0.25) is 10.6 Å². The van der Waals surface area contributed by atoms with Gasteiger partial charge in [0, 0.05) is 15.7 Å². The van der Waals surface area contributed by atoms with Crippen LogP contribution < -0.4 is 16.6 Å². The molecule has 0 spiro atoms. The Bertz CT molecular complexity index is 644. The van der Waals surface area contributed by atoms with Crippen molar-refractivity contribution in [3.8, 4) is 0 Å². The monoisotopic (exact) mass is 313 g/mol. The summed E-state index contributed by atoms with van der Waals surface area (Å²) in [6, 6.07) is 8.65. The number of halogens is 3. The van der Waals surface area contributed by atoms with Gasteiger partial charge in [0.05, 0.1) is 11.3 Å². The standard InChI is InChI=1S/C13H10Cl2FN3O/c14-7-4-8(15)6-9(5-7)18-13(20)10-2-1-3-11(16)12(10)19-17/h1-6,19H,17H2,(H,18,20). The van der Waals surface area contributed by atoms with E-state index in [1.54, 1.807) is 0 Å². The molecule has 0 aliphatic rings. The van der Waals surface area contributed by atoms with E-state index in [4.69, 9.17) is 29.0 Å². The number of benzene rings is 2. The van der Waals surface area contributed by atoms with Gasteiger partial charge in [0.1, 0.15) is 5.82 Å². The molecule has 0 heterocycles. The van der Waals surface area contributed by atoms with Crippen LogP contribution in [-0.4, -0.2) is 5.91 Å². The first-order valence-electron chi connectivity index (χ1n) is 5.54. The molecule has 104 valence electrons. The molecule has 0 unspecified atom stereocenters. The quantitative estimate of drug-likeness (QED) is 0.598. The Labute approximate surface area is 124 Å². The molecule has 2 aromatic carbocycles. The Kier molecular flexibility index (Phi) is 4.44. The number of para-hydroxylation sites is 1. The SMILES string of the molecule is NNc1c(F)cccc1C(=O)Nc1cc(Cl)cc(Cl)c1. The first-order chi connectivity index (χ1) is 9.51.